The first-order valence-corrected chi connectivity index (χ1v) is 12.3. The molecule has 1 aromatic rings. The van der Waals surface area contributed by atoms with Crippen molar-refractivity contribution in [2.24, 2.45) is 0 Å². The molecule has 168 valence electrons. The van der Waals surface area contributed by atoms with Crippen molar-refractivity contribution in [3.8, 4) is 0 Å². The summed E-state index contributed by atoms with van der Waals surface area (Å²) in [5.41, 5.74) is 0.766. The number of ether oxygens (including phenoxy) is 1. The molecule has 8 heteroatoms. The number of amides is 1. The normalized spacial score (nSPS) is 15.2. The maximum absolute atomic E-state index is 12.8. The van der Waals surface area contributed by atoms with Crippen molar-refractivity contribution in [1.29, 1.82) is 0 Å². The van der Waals surface area contributed by atoms with E-state index in [9.17, 15) is 18.0 Å². The van der Waals surface area contributed by atoms with Crippen LogP contribution in [0.3, 0.4) is 0 Å². The molecule has 1 aromatic carbocycles. The van der Waals surface area contributed by atoms with Crippen molar-refractivity contribution in [3.05, 3.63) is 29.3 Å². The van der Waals surface area contributed by atoms with E-state index in [1.54, 1.807) is 31.7 Å². The molecule has 0 radical (unpaired) electrons. The molecular weight excluding hydrogens is 404 g/mol. The maximum atomic E-state index is 12.8. The molecule has 0 aliphatic heterocycles. The minimum atomic E-state index is -3.69. The highest BCUT2D eigenvalue weighted by molar-refractivity contribution is 7.89. The number of hydrogen-bond acceptors (Lipinski definition) is 5. The standard InChI is InChI=1S/C22H34N2O5S/c1-5-23(6-2)30(27,28)19-14-13-17(4)20(15-19)22(26)29-16-21(25)24(7-3)18-11-9-8-10-12-18/h13-15,18H,5-12,16H2,1-4H3. The van der Waals surface area contributed by atoms with Crippen LogP contribution in [-0.4, -0.2) is 61.8 Å². The summed E-state index contributed by atoms with van der Waals surface area (Å²) in [6, 6.07) is 4.63. The smallest absolute Gasteiger partial charge is 0.338 e. The summed E-state index contributed by atoms with van der Waals surface area (Å²) in [4.78, 5) is 27.1. The Morgan fingerprint density at radius 1 is 1.03 bits per heavy atom. The Balaban J connectivity index is 2.12. The first-order valence-electron chi connectivity index (χ1n) is 10.8. The Morgan fingerprint density at radius 3 is 2.23 bits per heavy atom. The molecule has 2 rings (SSSR count). The van der Waals surface area contributed by atoms with E-state index in [1.807, 2.05) is 6.92 Å². The topological polar surface area (TPSA) is 84.0 Å². The van der Waals surface area contributed by atoms with Gasteiger partial charge >= 0.3 is 5.97 Å². The highest BCUT2D eigenvalue weighted by atomic mass is 32.2. The van der Waals surface area contributed by atoms with Gasteiger partial charge in [-0.25, -0.2) is 13.2 Å². The number of aryl methyl sites for hydroxylation is 1. The lowest BCUT2D eigenvalue weighted by atomic mass is 9.94. The Labute approximate surface area is 180 Å². The fourth-order valence-corrected chi connectivity index (χ4v) is 5.50. The predicted octanol–water partition coefficient (Wildman–Crippen LogP) is 3.36. The van der Waals surface area contributed by atoms with Crippen LogP contribution < -0.4 is 0 Å². The van der Waals surface area contributed by atoms with Gasteiger partial charge < -0.3 is 9.64 Å². The molecular formula is C22H34N2O5S. The molecule has 0 N–H and O–H groups in total. The van der Waals surface area contributed by atoms with Gasteiger partial charge in [0, 0.05) is 25.7 Å². The zero-order valence-electron chi connectivity index (χ0n) is 18.5. The van der Waals surface area contributed by atoms with Gasteiger partial charge in [-0.15, -0.1) is 0 Å². The summed E-state index contributed by atoms with van der Waals surface area (Å²) < 4.78 is 32.1. The number of rotatable bonds is 9. The van der Waals surface area contributed by atoms with Crippen molar-refractivity contribution in [2.45, 2.75) is 70.7 Å². The molecule has 1 aliphatic rings. The van der Waals surface area contributed by atoms with Gasteiger partial charge in [0.25, 0.3) is 5.91 Å². The Hall–Kier alpha value is -1.93. The molecule has 0 spiro atoms. The number of esters is 1. The third kappa shape index (κ3) is 5.60. The van der Waals surface area contributed by atoms with Crippen LogP contribution in [0.2, 0.25) is 0 Å². The lowest BCUT2D eigenvalue weighted by Gasteiger charge is -2.33. The predicted molar refractivity (Wildman–Crippen MR) is 116 cm³/mol. The fourth-order valence-electron chi connectivity index (χ4n) is 4.01. The maximum Gasteiger partial charge on any atom is 0.338 e. The van der Waals surface area contributed by atoms with Crippen LogP contribution in [0.15, 0.2) is 23.1 Å². The van der Waals surface area contributed by atoms with Gasteiger partial charge in [-0.1, -0.05) is 39.2 Å². The molecule has 1 saturated carbocycles. The summed E-state index contributed by atoms with van der Waals surface area (Å²) in [5, 5.41) is 0. The Morgan fingerprint density at radius 2 is 1.67 bits per heavy atom. The number of carbonyl (C=O) groups excluding carboxylic acids is 2. The molecule has 0 unspecified atom stereocenters. The van der Waals surface area contributed by atoms with Gasteiger partial charge in [-0.2, -0.15) is 4.31 Å². The summed E-state index contributed by atoms with van der Waals surface area (Å²) in [5.74, 6) is -0.889. The van der Waals surface area contributed by atoms with Crippen molar-refractivity contribution in [1.82, 2.24) is 9.21 Å². The third-order valence-electron chi connectivity index (χ3n) is 5.78. The van der Waals surface area contributed by atoms with Crippen LogP contribution in [0.25, 0.3) is 0 Å². The Kier molecular flexibility index (Phi) is 8.85. The second-order valence-electron chi connectivity index (χ2n) is 7.61. The lowest BCUT2D eigenvalue weighted by Crippen LogP contribution is -2.43. The zero-order valence-corrected chi connectivity index (χ0v) is 19.3. The second-order valence-corrected chi connectivity index (χ2v) is 9.55. The van der Waals surface area contributed by atoms with E-state index in [0.717, 1.165) is 25.7 Å². The number of nitrogens with zero attached hydrogens (tertiary/aromatic N) is 2. The summed E-state index contributed by atoms with van der Waals surface area (Å²) in [6.07, 6.45) is 5.39. The minimum absolute atomic E-state index is 0.0486. The molecule has 1 fully saturated rings. The molecule has 1 amide bonds. The van der Waals surface area contributed by atoms with E-state index < -0.39 is 16.0 Å². The van der Waals surface area contributed by atoms with Gasteiger partial charge in [0.05, 0.1) is 10.5 Å². The van der Waals surface area contributed by atoms with Crippen molar-refractivity contribution < 1.29 is 22.7 Å². The Bertz CT molecular complexity index is 843. The largest absolute Gasteiger partial charge is 0.452 e. The molecule has 30 heavy (non-hydrogen) atoms. The summed E-state index contributed by atoms with van der Waals surface area (Å²) in [6.45, 7) is 8.10. The minimum Gasteiger partial charge on any atom is -0.452 e. The van der Waals surface area contributed by atoms with E-state index in [-0.39, 0.29) is 29.0 Å². The van der Waals surface area contributed by atoms with E-state index in [0.29, 0.717) is 25.2 Å². The third-order valence-corrected chi connectivity index (χ3v) is 7.82. The number of carbonyl (C=O) groups is 2. The first kappa shape index (κ1) is 24.3. The van der Waals surface area contributed by atoms with E-state index in [1.165, 1.54) is 22.9 Å². The van der Waals surface area contributed by atoms with Gasteiger partial charge in [-0.05, 0) is 44.4 Å². The first-order chi connectivity index (χ1) is 14.3. The number of benzene rings is 1. The number of hydrogen-bond donors (Lipinski definition) is 0. The quantitative estimate of drug-likeness (QED) is 0.552. The second kappa shape index (κ2) is 10.9. The van der Waals surface area contributed by atoms with E-state index in [2.05, 4.69) is 0 Å². The van der Waals surface area contributed by atoms with Crippen molar-refractivity contribution >= 4 is 21.9 Å². The molecule has 0 saturated heterocycles. The van der Waals surface area contributed by atoms with Gasteiger partial charge in [-0.3, -0.25) is 4.79 Å². The van der Waals surface area contributed by atoms with E-state index >= 15 is 0 Å². The average molecular weight is 439 g/mol. The molecule has 0 aromatic heterocycles. The van der Waals surface area contributed by atoms with Crippen LogP contribution in [0.5, 0.6) is 0 Å². The molecule has 0 bridgehead atoms. The number of likely N-dealkylation sites (N-methyl/N-ethyl adjacent to an activating group) is 1. The number of sulfonamides is 1. The SMILES string of the molecule is CCN(C(=O)COC(=O)c1cc(S(=O)(=O)N(CC)CC)ccc1C)C1CCCCC1. The summed E-state index contributed by atoms with van der Waals surface area (Å²) >= 11 is 0. The summed E-state index contributed by atoms with van der Waals surface area (Å²) in [7, 11) is -3.69. The highest BCUT2D eigenvalue weighted by Gasteiger charge is 2.26. The molecule has 1 aliphatic carbocycles. The van der Waals surface area contributed by atoms with Crippen LogP contribution in [0.1, 0.15) is 68.8 Å². The van der Waals surface area contributed by atoms with Crippen LogP contribution in [0, 0.1) is 6.92 Å². The lowest BCUT2D eigenvalue weighted by molar-refractivity contribution is -0.137. The van der Waals surface area contributed by atoms with Crippen LogP contribution in [0.4, 0.5) is 0 Å². The zero-order chi connectivity index (χ0) is 22.3. The van der Waals surface area contributed by atoms with Gasteiger partial charge in [0.15, 0.2) is 6.61 Å². The molecule has 7 nitrogen and oxygen atoms in total. The van der Waals surface area contributed by atoms with Gasteiger partial charge in [0.1, 0.15) is 0 Å². The van der Waals surface area contributed by atoms with Crippen LogP contribution in [-0.2, 0) is 19.6 Å². The van der Waals surface area contributed by atoms with Crippen molar-refractivity contribution in [3.63, 3.8) is 0 Å². The monoisotopic (exact) mass is 438 g/mol. The van der Waals surface area contributed by atoms with Gasteiger partial charge in [0.2, 0.25) is 10.0 Å². The van der Waals surface area contributed by atoms with Crippen LogP contribution >= 0.6 is 0 Å². The molecule has 0 atom stereocenters. The van der Waals surface area contributed by atoms with Crippen molar-refractivity contribution in [2.75, 3.05) is 26.2 Å². The average Bonchev–Trinajstić information content (AvgIpc) is 2.74. The highest BCUT2D eigenvalue weighted by Crippen LogP contribution is 2.23. The van der Waals surface area contributed by atoms with E-state index in [4.69, 9.17) is 4.74 Å². The molecule has 0 heterocycles. The fraction of sp³-hybridized carbons (Fsp3) is 0.636.